The molecule has 0 atom stereocenters. The Kier molecular flexibility index (Phi) is 6.23. The molecule has 158 valence electrons. The van der Waals surface area contributed by atoms with Crippen LogP contribution in [0.5, 0.6) is 5.75 Å². The van der Waals surface area contributed by atoms with E-state index >= 15 is 0 Å². The summed E-state index contributed by atoms with van der Waals surface area (Å²) in [4.78, 5) is 22.0. The van der Waals surface area contributed by atoms with Crippen molar-refractivity contribution in [3.05, 3.63) is 53.1 Å². The Hall–Kier alpha value is -2.60. The largest absolute Gasteiger partial charge is 0.494 e. The van der Waals surface area contributed by atoms with Gasteiger partial charge in [-0.15, -0.1) is 0 Å². The zero-order valence-corrected chi connectivity index (χ0v) is 18.8. The number of carbonyl (C=O) groups is 1. The van der Waals surface area contributed by atoms with Crippen molar-refractivity contribution in [1.82, 2.24) is 9.88 Å². The highest BCUT2D eigenvalue weighted by Gasteiger charge is 2.24. The molecule has 3 aromatic rings. The Morgan fingerprint density at radius 3 is 2.53 bits per heavy atom. The fourth-order valence-electron chi connectivity index (χ4n) is 3.81. The summed E-state index contributed by atoms with van der Waals surface area (Å²) in [5.74, 6) is 0.914. The topological polar surface area (TPSA) is 45.7 Å². The Balaban J connectivity index is 1.37. The number of aryl methyl sites for hydroxylation is 2. The first-order valence-electron chi connectivity index (χ1n) is 10.7. The molecule has 1 aliphatic rings. The number of carbonyl (C=O) groups excluding carboxylic acids is 1. The van der Waals surface area contributed by atoms with Crippen molar-refractivity contribution in [3.8, 4) is 5.75 Å². The lowest BCUT2D eigenvalue weighted by atomic mass is 10.1. The molecule has 0 N–H and O–H groups in total. The van der Waals surface area contributed by atoms with E-state index in [0.29, 0.717) is 13.1 Å². The van der Waals surface area contributed by atoms with E-state index in [9.17, 15) is 4.79 Å². The van der Waals surface area contributed by atoms with Gasteiger partial charge in [-0.05, 0) is 61.7 Å². The number of aromatic nitrogens is 1. The molecular formula is C24H29N3O2S. The number of hydrogen-bond acceptors (Lipinski definition) is 5. The summed E-state index contributed by atoms with van der Waals surface area (Å²) in [5, 5.41) is 1.05. The van der Waals surface area contributed by atoms with E-state index < -0.39 is 0 Å². The molecule has 0 spiro atoms. The molecule has 1 amide bonds. The number of nitrogens with zero attached hydrogens (tertiary/aromatic N) is 3. The molecule has 1 saturated heterocycles. The average molecular weight is 424 g/mol. The number of amides is 1. The summed E-state index contributed by atoms with van der Waals surface area (Å²) < 4.78 is 6.93. The third kappa shape index (κ3) is 4.43. The fraction of sp³-hybridized carbons (Fsp3) is 0.417. The summed E-state index contributed by atoms with van der Waals surface area (Å²) in [7, 11) is 0. The Labute approximate surface area is 182 Å². The lowest BCUT2D eigenvalue weighted by Crippen LogP contribution is -2.48. The van der Waals surface area contributed by atoms with E-state index in [1.165, 1.54) is 15.8 Å². The van der Waals surface area contributed by atoms with E-state index in [1.54, 1.807) is 11.3 Å². The molecule has 5 nitrogen and oxygen atoms in total. The first-order chi connectivity index (χ1) is 14.5. The van der Waals surface area contributed by atoms with Crippen LogP contribution in [0.15, 0.2) is 36.4 Å². The van der Waals surface area contributed by atoms with Gasteiger partial charge in [-0.25, -0.2) is 4.98 Å². The minimum absolute atomic E-state index is 0.0885. The van der Waals surface area contributed by atoms with Crippen LogP contribution >= 0.6 is 11.3 Å². The van der Waals surface area contributed by atoms with E-state index in [0.717, 1.165) is 54.5 Å². The van der Waals surface area contributed by atoms with Crippen LogP contribution in [0.25, 0.3) is 10.2 Å². The number of piperazine rings is 1. The third-order valence-corrected chi connectivity index (χ3v) is 6.59. The number of benzene rings is 2. The zero-order chi connectivity index (χ0) is 21.1. The number of fused-ring (bicyclic) bond motifs is 1. The molecule has 2 aromatic carbocycles. The van der Waals surface area contributed by atoms with Gasteiger partial charge in [-0.1, -0.05) is 30.7 Å². The van der Waals surface area contributed by atoms with Crippen LogP contribution in [0.3, 0.4) is 0 Å². The van der Waals surface area contributed by atoms with Gasteiger partial charge in [-0.3, -0.25) is 4.79 Å². The second kappa shape index (κ2) is 9.04. The number of anilines is 1. The van der Waals surface area contributed by atoms with Crippen LogP contribution in [0, 0.1) is 13.8 Å². The van der Waals surface area contributed by atoms with Crippen LogP contribution in [0.4, 0.5) is 5.13 Å². The quantitative estimate of drug-likeness (QED) is 0.520. The first-order valence-corrected chi connectivity index (χ1v) is 11.5. The van der Waals surface area contributed by atoms with Gasteiger partial charge in [0, 0.05) is 31.7 Å². The molecular weight excluding hydrogens is 394 g/mol. The molecule has 1 fully saturated rings. The number of rotatable bonds is 6. The summed E-state index contributed by atoms with van der Waals surface area (Å²) in [6.07, 6.45) is 2.15. The molecule has 6 heteroatoms. The van der Waals surface area contributed by atoms with E-state index in [4.69, 9.17) is 9.72 Å². The van der Waals surface area contributed by atoms with Crippen LogP contribution in [-0.4, -0.2) is 48.6 Å². The van der Waals surface area contributed by atoms with Crippen molar-refractivity contribution in [2.75, 3.05) is 37.7 Å². The molecule has 4 rings (SSSR count). The van der Waals surface area contributed by atoms with Crippen molar-refractivity contribution >= 4 is 32.6 Å². The maximum atomic E-state index is 12.9. The van der Waals surface area contributed by atoms with Crippen molar-refractivity contribution in [3.63, 3.8) is 0 Å². The van der Waals surface area contributed by atoms with E-state index in [-0.39, 0.29) is 5.91 Å². The second-order valence-corrected chi connectivity index (χ2v) is 8.94. The Morgan fingerprint density at radius 2 is 1.83 bits per heavy atom. The predicted octanol–water partition coefficient (Wildman–Crippen LogP) is 5.05. The number of thiazole rings is 1. The standard InChI is InChI=1S/C24H29N3O2S/c1-4-5-14-29-20-8-6-19(7-9-20)23(28)26-10-12-27(13-11-26)24-25-22-18(3)15-17(2)16-21(22)30-24/h6-9,15-16H,4-5,10-14H2,1-3H3. The maximum absolute atomic E-state index is 12.9. The van der Waals surface area contributed by atoms with Gasteiger partial charge in [0.1, 0.15) is 5.75 Å². The van der Waals surface area contributed by atoms with Crippen molar-refractivity contribution in [2.24, 2.45) is 0 Å². The maximum Gasteiger partial charge on any atom is 0.253 e. The van der Waals surface area contributed by atoms with E-state index in [2.05, 4.69) is 37.8 Å². The summed E-state index contributed by atoms with van der Waals surface area (Å²) in [5.41, 5.74) is 4.31. The SMILES string of the molecule is CCCCOc1ccc(C(=O)N2CCN(c3nc4c(C)cc(C)cc4s3)CC2)cc1. The molecule has 1 aliphatic heterocycles. The molecule has 0 unspecified atom stereocenters. The van der Waals surface area contributed by atoms with Crippen molar-refractivity contribution < 1.29 is 9.53 Å². The lowest BCUT2D eigenvalue weighted by molar-refractivity contribution is 0.0746. The third-order valence-electron chi connectivity index (χ3n) is 5.52. The van der Waals surface area contributed by atoms with Crippen LogP contribution in [-0.2, 0) is 0 Å². The molecule has 2 heterocycles. The highest BCUT2D eigenvalue weighted by Crippen LogP contribution is 2.32. The number of hydrogen-bond donors (Lipinski definition) is 0. The number of ether oxygens (including phenoxy) is 1. The Bertz CT molecular complexity index is 1020. The van der Waals surface area contributed by atoms with Gasteiger partial charge in [0.25, 0.3) is 5.91 Å². The fourth-order valence-corrected chi connectivity index (χ4v) is 5.00. The summed E-state index contributed by atoms with van der Waals surface area (Å²) in [6.45, 7) is 10.1. The molecule has 0 bridgehead atoms. The van der Waals surface area contributed by atoms with Gasteiger partial charge in [-0.2, -0.15) is 0 Å². The average Bonchev–Trinajstić information content (AvgIpc) is 3.18. The van der Waals surface area contributed by atoms with Crippen molar-refractivity contribution in [1.29, 1.82) is 0 Å². The molecule has 30 heavy (non-hydrogen) atoms. The normalized spacial score (nSPS) is 14.4. The lowest BCUT2D eigenvalue weighted by Gasteiger charge is -2.34. The smallest absolute Gasteiger partial charge is 0.253 e. The zero-order valence-electron chi connectivity index (χ0n) is 18.0. The predicted molar refractivity (Wildman–Crippen MR) is 124 cm³/mol. The highest BCUT2D eigenvalue weighted by atomic mass is 32.1. The van der Waals surface area contributed by atoms with Gasteiger partial charge >= 0.3 is 0 Å². The van der Waals surface area contributed by atoms with Gasteiger partial charge in [0.05, 0.1) is 16.8 Å². The van der Waals surface area contributed by atoms with Crippen LogP contribution in [0.2, 0.25) is 0 Å². The molecule has 0 radical (unpaired) electrons. The van der Waals surface area contributed by atoms with Crippen LogP contribution < -0.4 is 9.64 Å². The summed E-state index contributed by atoms with van der Waals surface area (Å²) >= 11 is 1.75. The van der Waals surface area contributed by atoms with Crippen LogP contribution in [0.1, 0.15) is 41.3 Å². The van der Waals surface area contributed by atoms with Crippen molar-refractivity contribution in [2.45, 2.75) is 33.6 Å². The monoisotopic (exact) mass is 423 g/mol. The highest BCUT2D eigenvalue weighted by molar-refractivity contribution is 7.22. The van der Waals surface area contributed by atoms with Gasteiger partial charge in [0.2, 0.25) is 0 Å². The molecule has 0 saturated carbocycles. The first kappa shape index (κ1) is 20.7. The van der Waals surface area contributed by atoms with Gasteiger partial charge < -0.3 is 14.5 Å². The second-order valence-electron chi connectivity index (χ2n) is 7.93. The minimum atomic E-state index is 0.0885. The summed E-state index contributed by atoms with van der Waals surface area (Å²) in [6, 6.07) is 11.9. The minimum Gasteiger partial charge on any atom is -0.494 e. The number of unbranched alkanes of at least 4 members (excludes halogenated alkanes) is 1. The Morgan fingerprint density at radius 1 is 1.10 bits per heavy atom. The van der Waals surface area contributed by atoms with Gasteiger partial charge in [0.15, 0.2) is 5.13 Å². The molecule has 0 aliphatic carbocycles. The molecule has 1 aromatic heterocycles. The van der Waals surface area contributed by atoms with E-state index in [1.807, 2.05) is 29.2 Å².